The van der Waals surface area contributed by atoms with Crippen LogP contribution in [0.15, 0.2) is 42.6 Å². The molecule has 0 fully saturated rings. The first-order valence-electron chi connectivity index (χ1n) is 9.62. The van der Waals surface area contributed by atoms with E-state index in [2.05, 4.69) is 10.4 Å². The molecule has 154 valence electrons. The zero-order valence-corrected chi connectivity index (χ0v) is 16.7. The fourth-order valence-corrected chi connectivity index (χ4v) is 3.99. The van der Waals surface area contributed by atoms with Crippen molar-refractivity contribution >= 4 is 11.7 Å². The van der Waals surface area contributed by atoms with Crippen LogP contribution in [0, 0.1) is 0 Å². The van der Waals surface area contributed by atoms with E-state index >= 15 is 0 Å². The third kappa shape index (κ3) is 3.10. The molecule has 1 N–H and O–H groups in total. The van der Waals surface area contributed by atoms with Crippen LogP contribution in [0.5, 0.6) is 23.0 Å². The van der Waals surface area contributed by atoms with E-state index in [1.807, 2.05) is 42.6 Å². The molecule has 0 spiro atoms. The van der Waals surface area contributed by atoms with Crippen LogP contribution in [0.25, 0.3) is 0 Å². The van der Waals surface area contributed by atoms with Crippen molar-refractivity contribution in [3.05, 3.63) is 59.3 Å². The summed E-state index contributed by atoms with van der Waals surface area (Å²) in [5.74, 6) is 3.34. The summed E-state index contributed by atoms with van der Waals surface area (Å²) in [6, 6.07) is 11.4. The van der Waals surface area contributed by atoms with E-state index in [0.29, 0.717) is 30.3 Å². The lowest BCUT2D eigenvalue weighted by Crippen LogP contribution is -2.25. The van der Waals surface area contributed by atoms with E-state index in [1.165, 1.54) is 0 Å². The zero-order chi connectivity index (χ0) is 20.7. The Hall–Kier alpha value is -3.68. The van der Waals surface area contributed by atoms with Crippen LogP contribution in [0.3, 0.4) is 0 Å². The highest BCUT2D eigenvalue weighted by Gasteiger charge is 2.32. The number of anilines is 1. The molecule has 0 saturated heterocycles. The predicted molar refractivity (Wildman–Crippen MR) is 109 cm³/mol. The second kappa shape index (κ2) is 7.29. The second-order valence-corrected chi connectivity index (χ2v) is 7.21. The molecule has 0 radical (unpaired) electrons. The van der Waals surface area contributed by atoms with Crippen molar-refractivity contribution in [2.24, 2.45) is 0 Å². The Morgan fingerprint density at radius 1 is 1.10 bits per heavy atom. The molecule has 3 heterocycles. The lowest BCUT2D eigenvalue weighted by Gasteiger charge is -2.25. The van der Waals surface area contributed by atoms with Crippen LogP contribution in [0.2, 0.25) is 0 Å². The van der Waals surface area contributed by atoms with E-state index in [1.54, 1.807) is 18.9 Å². The smallest absolute Gasteiger partial charge is 0.231 e. The molecule has 2 aromatic carbocycles. The molecule has 8 heteroatoms. The first-order valence-corrected chi connectivity index (χ1v) is 9.62. The largest absolute Gasteiger partial charge is 0.497 e. The summed E-state index contributed by atoms with van der Waals surface area (Å²) in [7, 11) is 3.23. The van der Waals surface area contributed by atoms with Crippen molar-refractivity contribution in [2.45, 2.75) is 18.9 Å². The van der Waals surface area contributed by atoms with Crippen molar-refractivity contribution in [1.82, 2.24) is 9.78 Å². The van der Waals surface area contributed by atoms with E-state index in [9.17, 15) is 4.79 Å². The monoisotopic (exact) mass is 407 g/mol. The molecule has 0 unspecified atom stereocenters. The first-order chi connectivity index (χ1) is 14.7. The van der Waals surface area contributed by atoms with E-state index in [4.69, 9.17) is 18.9 Å². The highest BCUT2D eigenvalue weighted by Crippen LogP contribution is 2.42. The maximum absolute atomic E-state index is 12.5. The van der Waals surface area contributed by atoms with Gasteiger partial charge in [-0.1, -0.05) is 12.1 Å². The minimum Gasteiger partial charge on any atom is -0.497 e. The third-order valence-corrected chi connectivity index (χ3v) is 5.48. The summed E-state index contributed by atoms with van der Waals surface area (Å²) in [4.78, 5) is 12.5. The number of carbonyl (C=O) groups is 1. The Kier molecular flexibility index (Phi) is 4.46. The molecule has 0 aliphatic carbocycles. The maximum atomic E-state index is 12.5. The van der Waals surface area contributed by atoms with Gasteiger partial charge in [0.25, 0.3) is 0 Å². The SMILES string of the molecule is COc1ccc([C@H]2CC(=O)Nc3c2cnn3Cc2ccc3c(c2)OCO3)c(OC)c1. The maximum Gasteiger partial charge on any atom is 0.231 e. The van der Waals surface area contributed by atoms with Crippen molar-refractivity contribution in [3.8, 4) is 23.0 Å². The van der Waals surface area contributed by atoms with Crippen molar-refractivity contribution in [2.75, 3.05) is 26.3 Å². The molecule has 1 amide bonds. The summed E-state index contributed by atoms with van der Waals surface area (Å²) >= 11 is 0. The average Bonchev–Trinajstić information content (AvgIpc) is 3.39. The Labute approximate surface area is 173 Å². The highest BCUT2D eigenvalue weighted by atomic mass is 16.7. The molecule has 0 bridgehead atoms. The molecule has 1 aromatic heterocycles. The summed E-state index contributed by atoms with van der Waals surface area (Å²) in [6.45, 7) is 0.732. The van der Waals surface area contributed by atoms with E-state index in [-0.39, 0.29) is 18.6 Å². The number of rotatable bonds is 5. The number of aromatic nitrogens is 2. The number of nitrogens with zero attached hydrogens (tertiary/aromatic N) is 2. The fraction of sp³-hybridized carbons (Fsp3) is 0.273. The molecule has 3 aromatic rings. The van der Waals surface area contributed by atoms with Gasteiger partial charge in [-0.05, 0) is 23.8 Å². The van der Waals surface area contributed by atoms with Gasteiger partial charge in [-0.2, -0.15) is 5.10 Å². The van der Waals surface area contributed by atoms with E-state index in [0.717, 1.165) is 28.2 Å². The molecule has 30 heavy (non-hydrogen) atoms. The topological polar surface area (TPSA) is 83.8 Å². The van der Waals surface area contributed by atoms with Gasteiger partial charge in [0.1, 0.15) is 17.3 Å². The van der Waals surface area contributed by atoms with Gasteiger partial charge in [0.05, 0.1) is 27.0 Å². The lowest BCUT2D eigenvalue weighted by molar-refractivity contribution is -0.116. The number of nitrogens with one attached hydrogen (secondary N) is 1. The van der Waals surface area contributed by atoms with Gasteiger partial charge in [-0.3, -0.25) is 4.79 Å². The number of fused-ring (bicyclic) bond motifs is 2. The number of carbonyl (C=O) groups excluding carboxylic acids is 1. The van der Waals surface area contributed by atoms with Crippen LogP contribution < -0.4 is 24.3 Å². The highest BCUT2D eigenvalue weighted by molar-refractivity contribution is 5.94. The Balaban J connectivity index is 1.50. The van der Waals surface area contributed by atoms with Crippen LogP contribution in [0.1, 0.15) is 29.0 Å². The fourth-order valence-electron chi connectivity index (χ4n) is 3.99. The third-order valence-electron chi connectivity index (χ3n) is 5.48. The number of hydrogen-bond donors (Lipinski definition) is 1. The van der Waals surface area contributed by atoms with Crippen molar-refractivity contribution in [3.63, 3.8) is 0 Å². The molecule has 8 nitrogen and oxygen atoms in total. The number of methoxy groups -OCH3 is 2. The van der Waals surface area contributed by atoms with Gasteiger partial charge in [0, 0.05) is 29.5 Å². The van der Waals surface area contributed by atoms with Gasteiger partial charge >= 0.3 is 0 Å². The molecule has 2 aliphatic heterocycles. The predicted octanol–water partition coefficient (Wildman–Crippen LogP) is 3.15. The van der Waals surface area contributed by atoms with Crippen LogP contribution in [-0.2, 0) is 11.3 Å². The normalized spacial score (nSPS) is 16.7. The quantitative estimate of drug-likeness (QED) is 0.700. The van der Waals surface area contributed by atoms with Crippen LogP contribution >= 0.6 is 0 Å². The van der Waals surface area contributed by atoms with Gasteiger partial charge in [-0.25, -0.2) is 4.68 Å². The van der Waals surface area contributed by atoms with Crippen molar-refractivity contribution in [1.29, 1.82) is 0 Å². The number of benzene rings is 2. The molecule has 0 saturated carbocycles. The molecule has 2 aliphatic rings. The van der Waals surface area contributed by atoms with Gasteiger partial charge < -0.3 is 24.3 Å². The van der Waals surface area contributed by atoms with Gasteiger partial charge in [0.15, 0.2) is 11.5 Å². The molecule has 5 rings (SSSR count). The van der Waals surface area contributed by atoms with E-state index < -0.39 is 0 Å². The first kappa shape index (κ1) is 18.4. The number of hydrogen-bond acceptors (Lipinski definition) is 6. The summed E-state index contributed by atoms with van der Waals surface area (Å²) < 4.78 is 23.5. The van der Waals surface area contributed by atoms with Gasteiger partial charge in [0.2, 0.25) is 12.7 Å². The van der Waals surface area contributed by atoms with Crippen LogP contribution in [-0.4, -0.2) is 36.7 Å². The van der Waals surface area contributed by atoms with Crippen LogP contribution in [0.4, 0.5) is 5.82 Å². The molecular formula is C22H21N3O5. The van der Waals surface area contributed by atoms with Gasteiger partial charge in [-0.15, -0.1) is 0 Å². The summed E-state index contributed by atoms with van der Waals surface area (Å²) in [5, 5.41) is 7.53. The number of ether oxygens (including phenoxy) is 4. The average molecular weight is 407 g/mol. The molecular weight excluding hydrogens is 386 g/mol. The Bertz CT molecular complexity index is 1120. The minimum atomic E-state index is -0.153. The number of amides is 1. The zero-order valence-electron chi connectivity index (χ0n) is 16.7. The van der Waals surface area contributed by atoms with Crippen molar-refractivity contribution < 1.29 is 23.7 Å². The minimum absolute atomic E-state index is 0.0576. The second-order valence-electron chi connectivity index (χ2n) is 7.21. The summed E-state index contributed by atoms with van der Waals surface area (Å²) in [6.07, 6.45) is 2.14. The Morgan fingerprint density at radius 2 is 1.97 bits per heavy atom. The molecule has 1 atom stereocenters. The lowest BCUT2D eigenvalue weighted by atomic mass is 9.86. The summed E-state index contributed by atoms with van der Waals surface area (Å²) in [5.41, 5.74) is 2.89. The Morgan fingerprint density at radius 3 is 2.80 bits per heavy atom. The standard InChI is InChI=1S/C22H21N3O5/c1-27-14-4-5-15(19(8-14)28-2)16-9-21(26)24-22-17(16)10-23-25(22)11-13-3-6-18-20(7-13)30-12-29-18/h3-8,10,16H,9,11-12H2,1-2H3,(H,24,26)/t16-/m1/s1.